The van der Waals surface area contributed by atoms with Crippen LogP contribution in [0.2, 0.25) is 0 Å². The molecule has 1 aromatic rings. The van der Waals surface area contributed by atoms with Crippen LogP contribution in [0.3, 0.4) is 0 Å². The van der Waals surface area contributed by atoms with Gasteiger partial charge < -0.3 is 10.6 Å². The molecule has 3 heteroatoms. The van der Waals surface area contributed by atoms with Crippen molar-refractivity contribution in [3.05, 3.63) is 34.9 Å². The first-order chi connectivity index (χ1) is 10.1. The highest BCUT2D eigenvalue weighted by molar-refractivity contribution is 5.86. The van der Waals surface area contributed by atoms with Crippen molar-refractivity contribution in [1.29, 1.82) is 0 Å². The van der Waals surface area contributed by atoms with Gasteiger partial charge in [-0.3, -0.25) is 4.79 Å². The Hall–Kier alpha value is -1.35. The number of carbonyl (C=O) groups excluding carboxylic acids is 1. The van der Waals surface area contributed by atoms with Crippen LogP contribution in [0.4, 0.5) is 0 Å². The first-order valence-corrected chi connectivity index (χ1v) is 8.26. The molecule has 1 fully saturated rings. The van der Waals surface area contributed by atoms with Gasteiger partial charge in [0.25, 0.3) is 0 Å². The van der Waals surface area contributed by atoms with Crippen LogP contribution in [0.5, 0.6) is 0 Å². The zero-order chi connectivity index (χ0) is 14.9. The van der Waals surface area contributed by atoms with Crippen molar-refractivity contribution in [2.45, 2.75) is 64.0 Å². The summed E-state index contributed by atoms with van der Waals surface area (Å²) in [5.41, 5.74) is 3.81. The fourth-order valence-electron chi connectivity index (χ4n) is 3.55. The van der Waals surface area contributed by atoms with Crippen LogP contribution in [-0.2, 0) is 17.6 Å². The van der Waals surface area contributed by atoms with Crippen LogP contribution in [0.25, 0.3) is 0 Å². The van der Waals surface area contributed by atoms with Gasteiger partial charge in [-0.2, -0.15) is 0 Å². The van der Waals surface area contributed by atoms with Gasteiger partial charge in [0.1, 0.15) is 0 Å². The van der Waals surface area contributed by atoms with Gasteiger partial charge in [0.15, 0.2) is 0 Å². The van der Waals surface area contributed by atoms with Crippen LogP contribution < -0.4 is 10.6 Å². The van der Waals surface area contributed by atoms with E-state index in [1.807, 2.05) is 6.92 Å². The molecule has 0 radical (unpaired) electrons. The van der Waals surface area contributed by atoms with E-state index >= 15 is 0 Å². The van der Waals surface area contributed by atoms with Gasteiger partial charge in [-0.1, -0.05) is 18.2 Å². The minimum Gasteiger partial charge on any atom is -0.348 e. The summed E-state index contributed by atoms with van der Waals surface area (Å²) in [6.45, 7) is 5.03. The Kier molecular flexibility index (Phi) is 4.03. The van der Waals surface area contributed by atoms with Crippen LogP contribution in [0.15, 0.2) is 18.2 Å². The lowest BCUT2D eigenvalue weighted by Gasteiger charge is -2.26. The van der Waals surface area contributed by atoms with Crippen LogP contribution in [0, 0.1) is 0 Å². The van der Waals surface area contributed by atoms with E-state index in [2.05, 4.69) is 35.8 Å². The van der Waals surface area contributed by atoms with Gasteiger partial charge >= 0.3 is 0 Å². The van der Waals surface area contributed by atoms with Gasteiger partial charge in [0.05, 0.1) is 11.6 Å². The Balaban J connectivity index is 1.70. The maximum absolute atomic E-state index is 12.5. The Labute approximate surface area is 127 Å². The molecular weight excluding hydrogens is 260 g/mol. The van der Waals surface area contributed by atoms with Crippen molar-refractivity contribution >= 4 is 5.91 Å². The zero-order valence-corrected chi connectivity index (χ0v) is 13.2. The molecular formula is C18H26N2O. The number of nitrogens with one attached hydrogen (secondary N) is 2. The average molecular weight is 286 g/mol. The summed E-state index contributed by atoms with van der Waals surface area (Å²) in [6.07, 6.45) is 7.00. The third kappa shape index (κ3) is 2.98. The molecule has 0 spiro atoms. The molecule has 2 N–H and O–H groups in total. The maximum atomic E-state index is 12.5. The first-order valence-electron chi connectivity index (χ1n) is 8.26. The van der Waals surface area contributed by atoms with E-state index in [0.717, 1.165) is 19.4 Å². The fraction of sp³-hybridized carbons (Fsp3) is 0.611. The molecule has 1 saturated heterocycles. The second-order valence-corrected chi connectivity index (χ2v) is 6.79. The molecule has 0 bridgehead atoms. The van der Waals surface area contributed by atoms with E-state index in [4.69, 9.17) is 0 Å². The van der Waals surface area contributed by atoms with E-state index in [0.29, 0.717) is 0 Å². The van der Waals surface area contributed by atoms with Crippen molar-refractivity contribution in [1.82, 2.24) is 10.6 Å². The van der Waals surface area contributed by atoms with Gasteiger partial charge in [0, 0.05) is 0 Å². The van der Waals surface area contributed by atoms with Crippen LogP contribution in [-0.4, -0.2) is 18.0 Å². The smallest absolute Gasteiger partial charge is 0.240 e. The number of carbonyl (C=O) groups is 1. The summed E-state index contributed by atoms with van der Waals surface area (Å²) in [5, 5.41) is 6.51. The van der Waals surface area contributed by atoms with E-state index in [-0.39, 0.29) is 17.5 Å². The van der Waals surface area contributed by atoms with Crippen molar-refractivity contribution in [3.63, 3.8) is 0 Å². The van der Waals surface area contributed by atoms with Crippen molar-refractivity contribution in [2.24, 2.45) is 0 Å². The topological polar surface area (TPSA) is 41.1 Å². The number of hydrogen-bond donors (Lipinski definition) is 2. The minimum absolute atomic E-state index is 0.0731. The molecule has 21 heavy (non-hydrogen) atoms. The van der Waals surface area contributed by atoms with Gasteiger partial charge in [0.2, 0.25) is 5.91 Å². The van der Waals surface area contributed by atoms with Crippen LogP contribution in [0.1, 0.15) is 62.3 Å². The Morgan fingerprint density at radius 1 is 1.24 bits per heavy atom. The van der Waals surface area contributed by atoms with Crippen LogP contribution >= 0.6 is 0 Å². The molecule has 114 valence electrons. The monoisotopic (exact) mass is 286 g/mol. The average Bonchev–Trinajstić information content (AvgIpc) is 2.95. The van der Waals surface area contributed by atoms with E-state index in [1.165, 1.54) is 42.4 Å². The summed E-state index contributed by atoms with van der Waals surface area (Å²) in [7, 11) is 0. The molecule has 1 heterocycles. The Bertz CT molecular complexity index is 532. The molecule has 1 aliphatic heterocycles. The summed E-state index contributed by atoms with van der Waals surface area (Å²) in [5.74, 6) is 0.130. The predicted molar refractivity (Wildman–Crippen MR) is 85.3 cm³/mol. The lowest BCUT2D eigenvalue weighted by atomic mass is 9.89. The van der Waals surface area contributed by atoms with Crippen molar-refractivity contribution in [3.8, 4) is 0 Å². The Morgan fingerprint density at radius 2 is 2.00 bits per heavy atom. The summed E-state index contributed by atoms with van der Waals surface area (Å²) in [6, 6.07) is 6.80. The Morgan fingerprint density at radius 3 is 2.71 bits per heavy atom. The maximum Gasteiger partial charge on any atom is 0.240 e. The molecule has 3 nitrogen and oxygen atoms in total. The first kappa shape index (κ1) is 14.6. The number of fused-ring (bicyclic) bond motifs is 1. The standard InChI is InChI=1S/C18H26N2O/c1-13(20-17(21)18(2)10-5-11-19-18)15-9-8-14-6-3-4-7-16(14)12-15/h8-9,12-13,19H,3-7,10-11H2,1-2H3,(H,20,21). The molecule has 0 saturated carbocycles. The SMILES string of the molecule is CC(NC(=O)C1(C)CCCN1)c1ccc2c(c1)CCCC2. The number of hydrogen-bond acceptors (Lipinski definition) is 2. The molecule has 2 atom stereocenters. The second kappa shape index (κ2) is 5.80. The minimum atomic E-state index is -0.386. The molecule has 3 rings (SSSR count). The molecule has 0 aromatic heterocycles. The quantitative estimate of drug-likeness (QED) is 0.897. The lowest BCUT2D eigenvalue weighted by Crippen LogP contribution is -2.51. The fourth-order valence-corrected chi connectivity index (χ4v) is 3.55. The third-order valence-electron chi connectivity index (χ3n) is 5.09. The highest BCUT2D eigenvalue weighted by Gasteiger charge is 2.36. The number of amides is 1. The number of rotatable bonds is 3. The number of benzene rings is 1. The highest BCUT2D eigenvalue weighted by Crippen LogP contribution is 2.26. The van der Waals surface area contributed by atoms with E-state index < -0.39 is 0 Å². The van der Waals surface area contributed by atoms with Crippen molar-refractivity contribution < 1.29 is 4.79 Å². The second-order valence-electron chi connectivity index (χ2n) is 6.79. The number of aryl methyl sites for hydroxylation is 2. The highest BCUT2D eigenvalue weighted by atomic mass is 16.2. The predicted octanol–water partition coefficient (Wildman–Crippen LogP) is 2.88. The largest absolute Gasteiger partial charge is 0.348 e. The van der Waals surface area contributed by atoms with Gasteiger partial charge in [-0.15, -0.1) is 0 Å². The molecule has 1 aliphatic carbocycles. The van der Waals surface area contributed by atoms with Crippen molar-refractivity contribution in [2.75, 3.05) is 6.54 Å². The molecule has 1 amide bonds. The summed E-state index contributed by atoms with van der Waals surface area (Å²) >= 11 is 0. The van der Waals surface area contributed by atoms with E-state index in [1.54, 1.807) is 0 Å². The lowest BCUT2D eigenvalue weighted by molar-refractivity contribution is -0.127. The summed E-state index contributed by atoms with van der Waals surface area (Å²) in [4.78, 5) is 12.5. The molecule has 2 aliphatic rings. The van der Waals surface area contributed by atoms with Gasteiger partial charge in [-0.25, -0.2) is 0 Å². The normalized spacial score (nSPS) is 26.2. The van der Waals surface area contributed by atoms with Gasteiger partial charge in [-0.05, 0) is 75.6 Å². The zero-order valence-electron chi connectivity index (χ0n) is 13.2. The van der Waals surface area contributed by atoms with E-state index in [9.17, 15) is 4.79 Å². The summed E-state index contributed by atoms with van der Waals surface area (Å²) < 4.78 is 0. The third-order valence-corrected chi connectivity index (χ3v) is 5.09. The molecule has 2 unspecified atom stereocenters. The molecule has 1 aromatic carbocycles.